The van der Waals surface area contributed by atoms with E-state index in [1.54, 1.807) is 31.6 Å². The highest BCUT2D eigenvalue weighted by atomic mass is 19.1. The fourth-order valence-electron chi connectivity index (χ4n) is 2.74. The van der Waals surface area contributed by atoms with Gasteiger partial charge >= 0.3 is 0 Å². The van der Waals surface area contributed by atoms with Crippen LogP contribution in [-0.4, -0.2) is 26.2 Å². The van der Waals surface area contributed by atoms with E-state index >= 15 is 0 Å². The van der Waals surface area contributed by atoms with Crippen molar-refractivity contribution in [1.82, 2.24) is 5.32 Å². The van der Waals surface area contributed by atoms with Crippen molar-refractivity contribution in [2.24, 2.45) is 0 Å². The second kappa shape index (κ2) is 9.07. The van der Waals surface area contributed by atoms with Crippen LogP contribution in [0.4, 0.5) is 4.39 Å². The van der Waals surface area contributed by atoms with E-state index in [1.165, 1.54) is 12.1 Å². The second-order valence-corrected chi connectivity index (χ2v) is 6.16. The number of furan rings is 1. The molecule has 0 saturated carbocycles. The topological polar surface area (TPSA) is 60.7 Å². The molecule has 0 atom stereocenters. The summed E-state index contributed by atoms with van der Waals surface area (Å²) in [5, 5.41) is 3.82. The first-order chi connectivity index (χ1) is 13.2. The first kappa shape index (κ1) is 18.8. The van der Waals surface area contributed by atoms with Crippen LogP contribution in [0.3, 0.4) is 0 Å². The molecule has 1 N–H and O–H groups in total. The Labute approximate surface area is 157 Å². The number of nitrogens with one attached hydrogen (secondary N) is 1. The minimum atomic E-state index is -0.283. The van der Waals surface area contributed by atoms with Crippen molar-refractivity contribution >= 4 is 16.9 Å². The molecule has 5 nitrogen and oxygen atoms in total. The van der Waals surface area contributed by atoms with Crippen LogP contribution in [0.15, 0.2) is 53.1 Å². The second-order valence-electron chi connectivity index (χ2n) is 6.16. The van der Waals surface area contributed by atoms with Crippen LogP contribution < -0.4 is 14.8 Å². The average molecular weight is 371 g/mol. The van der Waals surface area contributed by atoms with Gasteiger partial charge in [-0.15, -0.1) is 0 Å². The molecule has 0 aliphatic heterocycles. The van der Waals surface area contributed by atoms with Crippen LogP contribution in [-0.2, 0) is 11.2 Å². The van der Waals surface area contributed by atoms with Gasteiger partial charge in [0.2, 0.25) is 5.91 Å². The quantitative estimate of drug-likeness (QED) is 0.576. The zero-order valence-corrected chi connectivity index (χ0v) is 15.2. The molecule has 2 aromatic carbocycles. The van der Waals surface area contributed by atoms with Crippen LogP contribution in [0.1, 0.15) is 18.4 Å². The lowest BCUT2D eigenvalue weighted by Crippen LogP contribution is -2.26. The maximum atomic E-state index is 12.8. The number of fused-ring (bicyclic) bond motifs is 1. The maximum absolute atomic E-state index is 12.8. The predicted molar refractivity (Wildman–Crippen MR) is 101 cm³/mol. The highest BCUT2D eigenvalue weighted by Gasteiger charge is 2.11. The van der Waals surface area contributed by atoms with Crippen LogP contribution in [0, 0.1) is 5.82 Å². The van der Waals surface area contributed by atoms with E-state index in [4.69, 9.17) is 13.9 Å². The molecule has 0 aliphatic carbocycles. The fraction of sp³-hybridized carbons (Fsp3) is 0.286. The molecular weight excluding hydrogens is 349 g/mol. The number of halogens is 1. The molecule has 27 heavy (non-hydrogen) atoms. The van der Waals surface area contributed by atoms with Gasteiger partial charge in [-0.2, -0.15) is 0 Å². The smallest absolute Gasteiger partial charge is 0.224 e. The normalized spacial score (nSPS) is 10.7. The monoisotopic (exact) mass is 371 g/mol. The minimum Gasteiger partial charge on any atom is -0.497 e. The fourth-order valence-corrected chi connectivity index (χ4v) is 2.74. The number of rotatable bonds is 9. The molecule has 0 unspecified atom stereocenters. The van der Waals surface area contributed by atoms with Crippen LogP contribution in [0.25, 0.3) is 11.0 Å². The van der Waals surface area contributed by atoms with Crippen molar-refractivity contribution in [2.75, 3.05) is 20.3 Å². The van der Waals surface area contributed by atoms with E-state index in [0.717, 1.165) is 29.5 Å². The molecule has 0 fully saturated rings. The van der Waals surface area contributed by atoms with Gasteiger partial charge in [0.15, 0.2) is 0 Å². The Morgan fingerprint density at radius 2 is 1.89 bits per heavy atom. The van der Waals surface area contributed by atoms with Gasteiger partial charge in [-0.05, 0) is 49.2 Å². The van der Waals surface area contributed by atoms with Gasteiger partial charge in [-0.3, -0.25) is 4.79 Å². The lowest BCUT2D eigenvalue weighted by molar-refractivity contribution is -0.120. The number of benzene rings is 2. The van der Waals surface area contributed by atoms with Crippen molar-refractivity contribution in [2.45, 2.75) is 19.3 Å². The van der Waals surface area contributed by atoms with Crippen molar-refractivity contribution in [3.8, 4) is 11.5 Å². The molecule has 3 aromatic rings. The van der Waals surface area contributed by atoms with Crippen molar-refractivity contribution in [1.29, 1.82) is 0 Å². The van der Waals surface area contributed by atoms with Gasteiger partial charge in [-0.25, -0.2) is 4.39 Å². The molecule has 0 bridgehead atoms. The highest BCUT2D eigenvalue weighted by molar-refractivity contribution is 5.88. The summed E-state index contributed by atoms with van der Waals surface area (Å²) in [5.74, 6) is 1.03. The lowest BCUT2D eigenvalue weighted by Gasteiger charge is -2.07. The molecule has 1 amide bonds. The number of hydrogen-bond acceptors (Lipinski definition) is 4. The van der Waals surface area contributed by atoms with Crippen molar-refractivity contribution < 1.29 is 23.1 Å². The van der Waals surface area contributed by atoms with E-state index in [2.05, 4.69) is 5.32 Å². The summed E-state index contributed by atoms with van der Waals surface area (Å²) < 4.78 is 29.0. The Hall–Kier alpha value is -3.02. The summed E-state index contributed by atoms with van der Waals surface area (Å²) in [6, 6.07) is 11.5. The Kier molecular flexibility index (Phi) is 6.30. The third-order valence-corrected chi connectivity index (χ3v) is 4.19. The third-order valence-electron chi connectivity index (χ3n) is 4.19. The molecule has 0 spiro atoms. The summed E-state index contributed by atoms with van der Waals surface area (Å²) in [5.41, 5.74) is 1.56. The average Bonchev–Trinajstić information content (AvgIpc) is 3.07. The minimum absolute atomic E-state index is 0.0482. The number of amides is 1. The molecule has 0 aliphatic rings. The molecule has 0 saturated heterocycles. The van der Waals surface area contributed by atoms with Crippen molar-refractivity contribution in [3.63, 3.8) is 0 Å². The molecule has 1 aromatic heterocycles. The molecule has 0 radical (unpaired) electrons. The Balaban J connectivity index is 1.37. The van der Waals surface area contributed by atoms with Crippen LogP contribution in [0.2, 0.25) is 0 Å². The van der Waals surface area contributed by atoms with Gasteiger partial charge in [-0.1, -0.05) is 0 Å². The van der Waals surface area contributed by atoms with Gasteiger partial charge in [0.05, 0.1) is 26.4 Å². The highest BCUT2D eigenvalue weighted by Crippen LogP contribution is 2.25. The van der Waals surface area contributed by atoms with E-state index in [-0.39, 0.29) is 18.1 Å². The van der Waals surface area contributed by atoms with E-state index in [1.807, 2.05) is 12.1 Å². The van der Waals surface area contributed by atoms with Gasteiger partial charge < -0.3 is 19.2 Å². The molecule has 1 heterocycles. The molecule has 6 heteroatoms. The maximum Gasteiger partial charge on any atom is 0.224 e. The molecule has 142 valence electrons. The first-order valence-corrected chi connectivity index (χ1v) is 8.85. The SMILES string of the molecule is COc1ccc2c(CC(=O)NCCCCOc3ccc(F)cc3)coc2c1. The first-order valence-electron chi connectivity index (χ1n) is 8.85. The standard InChI is InChI=1S/C21H22FNO4/c1-25-18-8-9-19-15(14-27-20(19)13-18)12-21(24)23-10-2-3-11-26-17-6-4-16(22)5-7-17/h4-9,13-14H,2-3,10-12H2,1H3,(H,23,24). The summed E-state index contributed by atoms with van der Waals surface area (Å²) in [4.78, 5) is 12.1. The largest absolute Gasteiger partial charge is 0.497 e. The summed E-state index contributed by atoms with van der Waals surface area (Å²) in [6.07, 6.45) is 3.48. The third kappa shape index (κ3) is 5.23. The van der Waals surface area contributed by atoms with Crippen LogP contribution in [0.5, 0.6) is 11.5 Å². The zero-order chi connectivity index (χ0) is 19.1. The number of carbonyl (C=O) groups is 1. The number of methoxy groups -OCH3 is 1. The van der Waals surface area contributed by atoms with Gasteiger partial charge in [0, 0.05) is 23.6 Å². The summed E-state index contributed by atoms with van der Waals surface area (Å²) in [6.45, 7) is 1.10. The van der Waals surface area contributed by atoms with E-state index in [9.17, 15) is 9.18 Å². The van der Waals surface area contributed by atoms with Gasteiger partial charge in [0.25, 0.3) is 0 Å². The van der Waals surface area contributed by atoms with Crippen LogP contribution >= 0.6 is 0 Å². The molecule has 3 rings (SSSR count). The number of hydrogen-bond donors (Lipinski definition) is 1. The van der Waals surface area contributed by atoms with E-state index < -0.39 is 0 Å². The Morgan fingerprint density at radius 3 is 2.67 bits per heavy atom. The lowest BCUT2D eigenvalue weighted by atomic mass is 10.1. The summed E-state index contributed by atoms with van der Waals surface area (Å²) >= 11 is 0. The summed E-state index contributed by atoms with van der Waals surface area (Å²) in [7, 11) is 1.60. The number of carbonyl (C=O) groups excluding carboxylic acids is 1. The predicted octanol–water partition coefficient (Wildman–Crippen LogP) is 4.10. The Morgan fingerprint density at radius 1 is 1.11 bits per heavy atom. The van der Waals surface area contributed by atoms with Crippen molar-refractivity contribution in [3.05, 3.63) is 60.1 Å². The van der Waals surface area contributed by atoms with Gasteiger partial charge in [0.1, 0.15) is 22.9 Å². The molecular formula is C21H22FNO4. The number of ether oxygens (including phenoxy) is 2. The van der Waals surface area contributed by atoms with E-state index in [0.29, 0.717) is 24.5 Å². The zero-order valence-electron chi connectivity index (χ0n) is 15.2. The number of unbranched alkanes of at least 4 members (excludes halogenated alkanes) is 1. The Bertz CT molecular complexity index is 889.